The second kappa shape index (κ2) is 11.7. The summed E-state index contributed by atoms with van der Waals surface area (Å²) in [6.45, 7) is 9.12. The first-order valence-corrected chi connectivity index (χ1v) is 12.5. The Morgan fingerprint density at radius 2 is 1.47 bits per heavy atom. The van der Waals surface area contributed by atoms with Crippen LogP contribution in [-0.2, 0) is 0 Å². The van der Waals surface area contributed by atoms with Crippen LogP contribution in [0.3, 0.4) is 0 Å². The maximum absolute atomic E-state index is 13.3. The van der Waals surface area contributed by atoms with Crippen LogP contribution in [-0.4, -0.2) is 44.0 Å². The molecule has 3 aromatic carbocycles. The zero-order valence-corrected chi connectivity index (χ0v) is 20.8. The van der Waals surface area contributed by atoms with Crippen LogP contribution in [0, 0.1) is 5.92 Å². The fraction of sp³-hybridized carbons (Fsp3) is 0.379. The first-order chi connectivity index (χ1) is 17.3. The third-order valence-electron chi connectivity index (χ3n) is 6.33. The topological polar surface area (TPSA) is 27.7 Å². The molecular weight excluding hydrogens is 463 g/mol. The Bertz CT molecular complexity index is 1050. The molecule has 4 rings (SSSR count). The molecule has 0 bridgehead atoms. The van der Waals surface area contributed by atoms with Crippen molar-refractivity contribution in [3.63, 3.8) is 0 Å². The summed E-state index contributed by atoms with van der Waals surface area (Å²) in [5.41, 5.74) is 3.10. The monoisotopic (exact) mass is 497 g/mol. The van der Waals surface area contributed by atoms with Crippen molar-refractivity contribution < 1.29 is 17.9 Å². The van der Waals surface area contributed by atoms with Crippen molar-refractivity contribution in [2.75, 3.05) is 42.9 Å². The first kappa shape index (κ1) is 25.9. The van der Waals surface area contributed by atoms with Gasteiger partial charge >= 0.3 is 6.36 Å². The molecule has 0 radical (unpaired) electrons. The summed E-state index contributed by atoms with van der Waals surface area (Å²) >= 11 is 0. The number of halogens is 3. The normalized spacial score (nSPS) is 15.2. The predicted octanol–water partition coefficient (Wildman–Crippen LogP) is 6.95. The lowest BCUT2D eigenvalue weighted by Gasteiger charge is -2.27. The number of benzene rings is 3. The fourth-order valence-corrected chi connectivity index (χ4v) is 4.77. The van der Waals surface area contributed by atoms with Gasteiger partial charge in [0, 0.05) is 31.9 Å². The lowest BCUT2D eigenvalue weighted by molar-refractivity contribution is -0.274. The molecule has 0 amide bonds. The average molecular weight is 498 g/mol. The van der Waals surface area contributed by atoms with Gasteiger partial charge in [-0.1, -0.05) is 74.5 Å². The van der Waals surface area contributed by atoms with Gasteiger partial charge in [0.25, 0.3) is 0 Å². The number of nitrogens with zero attached hydrogens (tertiary/aromatic N) is 2. The maximum Gasteiger partial charge on any atom is 0.573 e. The van der Waals surface area contributed by atoms with Gasteiger partial charge in [0.05, 0.1) is 11.7 Å². The van der Waals surface area contributed by atoms with Crippen molar-refractivity contribution in [2.45, 2.75) is 32.7 Å². The molecule has 1 aliphatic heterocycles. The van der Waals surface area contributed by atoms with E-state index in [9.17, 15) is 13.2 Å². The van der Waals surface area contributed by atoms with Crippen LogP contribution in [0.15, 0.2) is 78.9 Å². The zero-order chi connectivity index (χ0) is 25.5. The summed E-state index contributed by atoms with van der Waals surface area (Å²) in [5.74, 6) is 0.360. The van der Waals surface area contributed by atoms with E-state index in [1.54, 1.807) is 12.1 Å². The minimum absolute atomic E-state index is 0.237. The van der Waals surface area contributed by atoms with E-state index >= 15 is 0 Å². The minimum Gasteiger partial charge on any atom is -0.404 e. The van der Waals surface area contributed by atoms with Gasteiger partial charge in [0.2, 0.25) is 0 Å². The Hall–Kier alpha value is -3.19. The highest BCUT2D eigenvalue weighted by molar-refractivity contribution is 5.67. The molecule has 192 valence electrons. The van der Waals surface area contributed by atoms with E-state index in [0.29, 0.717) is 11.6 Å². The number of rotatable bonds is 8. The Morgan fingerprint density at radius 1 is 0.833 bits per heavy atom. The van der Waals surface area contributed by atoms with E-state index in [4.69, 9.17) is 0 Å². The van der Waals surface area contributed by atoms with E-state index in [1.165, 1.54) is 6.07 Å². The van der Waals surface area contributed by atoms with Crippen LogP contribution in [0.1, 0.15) is 37.4 Å². The molecule has 1 fully saturated rings. The molecule has 3 aromatic rings. The summed E-state index contributed by atoms with van der Waals surface area (Å²) in [5, 5.41) is 3.37. The highest BCUT2D eigenvalue weighted by atomic mass is 19.4. The molecular formula is C29H34F3N3O. The minimum atomic E-state index is -4.78. The summed E-state index contributed by atoms with van der Waals surface area (Å²) in [6, 6.07) is 24.0. The summed E-state index contributed by atoms with van der Waals surface area (Å²) in [6.07, 6.45) is -3.78. The predicted molar refractivity (Wildman–Crippen MR) is 140 cm³/mol. The summed E-state index contributed by atoms with van der Waals surface area (Å²) in [4.78, 5) is 4.72. The summed E-state index contributed by atoms with van der Waals surface area (Å²) < 4.78 is 44.3. The second-order valence-corrected chi connectivity index (χ2v) is 9.66. The molecule has 1 N–H and O–H groups in total. The van der Waals surface area contributed by atoms with Gasteiger partial charge in [-0.25, -0.2) is 0 Å². The van der Waals surface area contributed by atoms with Crippen LogP contribution in [0.5, 0.6) is 5.75 Å². The quantitative estimate of drug-likeness (QED) is 0.364. The largest absolute Gasteiger partial charge is 0.573 e. The fourth-order valence-electron chi connectivity index (χ4n) is 4.77. The van der Waals surface area contributed by atoms with Gasteiger partial charge in [-0.15, -0.1) is 13.2 Å². The Labute approximate surface area is 211 Å². The molecule has 0 atom stereocenters. The third kappa shape index (κ3) is 7.17. The van der Waals surface area contributed by atoms with Gasteiger partial charge in [-0.2, -0.15) is 0 Å². The van der Waals surface area contributed by atoms with E-state index < -0.39 is 6.36 Å². The SMILES string of the molecule is CC(C)CN1CCCN(c2ccc(OC(F)(F)F)c(NC(c3ccccc3)c3ccccc3)c2)CC1. The van der Waals surface area contributed by atoms with Crippen LogP contribution >= 0.6 is 0 Å². The molecule has 0 aromatic heterocycles. The van der Waals surface area contributed by atoms with Crippen molar-refractivity contribution in [3.05, 3.63) is 90.0 Å². The maximum atomic E-state index is 13.3. The molecule has 1 heterocycles. The van der Waals surface area contributed by atoms with E-state index in [1.807, 2.05) is 60.7 Å². The van der Waals surface area contributed by atoms with Crippen molar-refractivity contribution in [3.8, 4) is 5.75 Å². The average Bonchev–Trinajstić information content (AvgIpc) is 3.08. The highest BCUT2D eigenvalue weighted by Gasteiger charge is 2.33. The molecule has 1 saturated heterocycles. The lowest BCUT2D eigenvalue weighted by atomic mass is 9.98. The van der Waals surface area contributed by atoms with Gasteiger partial charge in [0.15, 0.2) is 5.75 Å². The zero-order valence-electron chi connectivity index (χ0n) is 20.8. The van der Waals surface area contributed by atoms with E-state index in [0.717, 1.165) is 56.0 Å². The van der Waals surface area contributed by atoms with Crippen LogP contribution in [0.2, 0.25) is 0 Å². The number of ether oxygens (including phenoxy) is 1. The standard InChI is InChI=1S/C29H34F3N3O/c1-22(2)21-34-16-9-17-35(19-18-34)25-14-15-27(36-29(30,31)32)26(20-25)33-28(23-10-5-3-6-11-23)24-12-7-4-8-13-24/h3-8,10-15,20,22,28,33H,9,16-19,21H2,1-2H3. The number of anilines is 2. The number of nitrogens with one attached hydrogen (secondary N) is 1. The van der Waals surface area contributed by atoms with Crippen molar-refractivity contribution in [2.24, 2.45) is 5.92 Å². The number of hydrogen-bond acceptors (Lipinski definition) is 4. The highest BCUT2D eigenvalue weighted by Crippen LogP contribution is 2.37. The van der Waals surface area contributed by atoms with Gasteiger partial charge < -0.3 is 19.9 Å². The molecule has 0 aliphatic carbocycles. The Morgan fingerprint density at radius 3 is 2.06 bits per heavy atom. The van der Waals surface area contributed by atoms with Gasteiger partial charge in [0.1, 0.15) is 0 Å². The van der Waals surface area contributed by atoms with Crippen molar-refractivity contribution in [1.82, 2.24) is 4.90 Å². The van der Waals surface area contributed by atoms with E-state index in [2.05, 4.69) is 33.7 Å². The summed E-state index contributed by atoms with van der Waals surface area (Å²) in [7, 11) is 0. The van der Waals surface area contributed by atoms with Gasteiger partial charge in [-0.05, 0) is 48.2 Å². The van der Waals surface area contributed by atoms with Crippen LogP contribution < -0.4 is 15.0 Å². The third-order valence-corrected chi connectivity index (χ3v) is 6.33. The first-order valence-electron chi connectivity index (χ1n) is 12.5. The molecule has 0 saturated carbocycles. The van der Waals surface area contributed by atoms with Crippen molar-refractivity contribution >= 4 is 11.4 Å². The second-order valence-electron chi connectivity index (χ2n) is 9.66. The van der Waals surface area contributed by atoms with Crippen LogP contribution in [0.25, 0.3) is 0 Å². The van der Waals surface area contributed by atoms with Crippen LogP contribution in [0.4, 0.5) is 24.5 Å². The Balaban J connectivity index is 1.66. The number of hydrogen-bond donors (Lipinski definition) is 1. The molecule has 1 aliphatic rings. The Kier molecular flexibility index (Phi) is 8.41. The van der Waals surface area contributed by atoms with E-state index in [-0.39, 0.29) is 11.8 Å². The van der Waals surface area contributed by atoms with Gasteiger partial charge in [-0.3, -0.25) is 0 Å². The molecule has 36 heavy (non-hydrogen) atoms. The molecule has 0 spiro atoms. The smallest absolute Gasteiger partial charge is 0.404 e. The van der Waals surface area contributed by atoms with Crippen molar-refractivity contribution in [1.29, 1.82) is 0 Å². The molecule has 0 unspecified atom stereocenters. The molecule has 4 nitrogen and oxygen atoms in total. The molecule has 7 heteroatoms. The number of alkyl halides is 3. The lowest BCUT2D eigenvalue weighted by Crippen LogP contribution is -2.33.